The third-order valence-electron chi connectivity index (χ3n) is 7.03. The molecule has 1 N–H and O–H groups in total. The number of carbonyl (C=O) groups is 1. The van der Waals surface area contributed by atoms with Gasteiger partial charge in [-0.2, -0.15) is 0 Å². The normalized spacial score (nSPS) is 16.0. The smallest absolute Gasteiger partial charge is 0.251 e. The lowest BCUT2D eigenvalue weighted by atomic mass is 9.89. The first-order valence-electron chi connectivity index (χ1n) is 12.3. The molecule has 0 saturated heterocycles. The van der Waals surface area contributed by atoms with Gasteiger partial charge in [-0.15, -0.1) is 0 Å². The van der Waals surface area contributed by atoms with Crippen molar-refractivity contribution >= 4 is 5.91 Å². The fraction of sp³-hybridized carbons (Fsp3) is 0.258. The number of fused-ring (bicyclic) bond motifs is 1. The first-order valence-corrected chi connectivity index (χ1v) is 12.3. The molecule has 1 aromatic heterocycles. The van der Waals surface area contributed by atoms with Crippen LogP contribution in [0.25, 0.3) is 16.9 Å². The predicted molar refractivity (Wildman–Crippen MR) is 140 cm³/mol. The van der Waals surface area contributed by atoms with Crippen LogP contribution < -0.4 is 5.32 Å². The minimum atomic E-state index is -0.0269. The van der Waals surface area contributed by atoms with Crippen molar-refractivity contribution in [2.75, 3.05) is 6.54 Å². The average Bonchev–Trinajstić information content (AvgIpc) is 3.26. The van der Waals surface area contributed by atoms with Gasteiger partial charge >= 0.3 is 0 Å². The number of nitrogens with zero attached hydrogens (tertiary/aromatic N) is 1. The summed E-state index contributed by atoms with van der Waals surface area (Å²) in [5.74, 6) is 0.962. The summed E-state index contributed by atoms with van der Waals surface area (Å²) in [6.07, 6.45) is 3.43. The Bertz CT molecular complexity index is 1260. The molecule has 0 spiro atoms. The second-order valence-corrected chi connectivity index (χ2v) is 9.62. The molecule has 0 fully saturated rings. The lowest BCUT2D eigenvalue weighted by molar-refractivity contribution is 0.0951. The van der Waals surface area contributed by atoms with Gasteiger partial charge in [0.25, 0.3) is 5.91 Å². The minimum Gasteiger partial charge on any atom is -0.351 e. The summed E-state index contributed by atoms with van der Waals surface area (Å²) < 4.78 is 2.40. The molecule has 34 heavy (non-hydrogen) atoms. The number of carbonyl (C=O) groups excluding carboxylic acids is 1. The second kappa shape index (κ2) is 9.72. The monoisotopic (exact) mass is 448 g/mol. The van der Waals surface area contributed by atoms with Gasteiger partial charge in [0.1, 0.15) is 0 Å². The highest BCUT2D eigenvalue weighted by Crippen LogP contribution is 2.35. The van der Waals surface area contributed by atoms with E-state index in [1.54, 1.807) is 0 Å². The van der Waals surface area contributed by atoms with Crippen LogP contribution in [0.5, 0.6) is 0 Å². The Kier molecular flexibility index (Phi) is 6.35. The molecule has 1 aliphatic carbocycles. The van der Waals surface area contributed by atoms with E-state index in [2.05, 4.69) is 84.4 Å². The second-order valence-electron chi connectivity index (χ2n) is 9.62. The molecule has 0 saturated carbocycles. The van der Waals surface area contributed by atoms with Gasteiger partial charge < -0.3 is 9.88 Å². The topological polar surface area (TPSA) is 34.0 Å². The van der Waals surface area contributed by atoms with Crippen LogP contribution in [0.2, 0.25) is 0 Å². The third-order valence-corrected chi connectivity index (χ3v) is 7.03. The Labute approximate surface area is 202 Å². The molecule has 0 unspecified atom stereocenters. The molecule has 3 aromatic carbocycles. The highest BCUT2D eigenvalue weighted by atomic mass is 16.1. The number of nitrogens with one attached hydrogen (secondary N) is 1. The standard InChI is InChI=1S/C31H32N2O/c1-22-13-18-29-27(19-22)20-30(25-11-7-4-8-12-25)33(29)28-16-14-26(15-17-28)31(34)32-21-23(2)24-9-5-3-6-10-24/h3-12,14-17,20,22-23H,13,18-19,21H2,1-2H3,(H,32,34)/t22-,23+/m1/s1. The van der Waals surface area contributed by atoms with Gasteiger partial charge in [-0.25, -0.2) is 0 Å². The lowest BCUT2D eigenvalue weighted by Crippen LogP contribution is -2.27. The zero-order chi connectivity index (χ0) is 23.5. The zero-order valence-corrected chi connectivity index (χ0v) is 20.0. The highest BCUT2D eigenvalue weighted by molar-refractivity contribution is 5.94. The van der Waals surface area contributed by atoms with Crippen molar-refractivity contribution in [3.05, 3.63) is 113 Å². The molecule has 3 nitrogen and oxygen atoms in total. The number of hydrogen-bond donors (Lipinski definition) is 1. The molecule has 4 aromatic rings. The first kappa shape index (κ1) is 22.2. The van der Waals surface area contributed by atoms with E-state index < -0.39 is 0 Å². The molecule has 5 rings (SSSR count). The van der Waals surface area contributed by atoms with Crippen molar-refractivity contribution in [3.8, 4) is 16.9 Å². The molecule has 1 heterocycles. The quantitative estimate of drug-likeness (QED) is 0.346. The summed E-state index contributed by atoms with van der Waals surface area (Å²) >= 11 is 0. The van der Waals surface area contributed by atoms with E-state index in [1.165, 1.54) is 34.5 Å². The molecule has 2 atom stereocenters. The highest BCUT2D eigenvalue weighted by Gasteiger charge is 2.23. The average molecular weight is 449 g/mol. The van der Waals surface area contributed by atoms with Crippen LogP contribution in [0.4, 0.5) is 0 Å². The molecular weight excluding hydrogens is 416 g/mol. The fourth-order valence-corrected chi connectivity index (χ4v) is 5.04. The van der Waals surface area contributed by atoms with E-state index in [0.29, 0.717) is 12.1 Å². The molecular formula is C31H32N2O. The molecule has 3 heteroatoms. The maximum absolute atomic E-state index is 12.8. The van der Waals surface area contributed by atoms with Crippen LogP contribution in [0.15, 0.2) is 91.0 Å². The van der Waals surface area contributed by atoms with Crippen LogP contribution in [-0.2, 0) is 12.8 Å². The van der Waals surface area contributed by atoms with Crippen LogP contribution in [0, 0.1) is 5.92 Å². The molecule has 0 bridgehead atoms. The van der Waals surface area contributed by atoms with Crippen LogP contribution in [-0.4, -0.2) is 17.0 Å². The van der Waals surface area contributed by atoms with Gasteiger partial charge in [-0.3, -0.25) is 4.79 Å². The Morgan fingerprint density at radius 1 is 0.971 bits per heavy atom. The maximum atomic E-state index is 12.8. The molecule has 1 aliphatic rings. The van der Waals surface area contributed by atoms with Crippen LogP contribution >= 0.6 is 0 Å². The molecule has 0 radical (unpaired) electrons. The number of benzene rings is 3. The van der Waals surface area contributed by atoms with E-state index in [4.69, 9.17) is 0 Å². The summed E-state index contributed by atoms with van der Waals surface area (Å²) in [6.45, 7) is 5.10. The van der Waals surface area contributed by atoms with Crippen molar-refractivity contribution in [2.24, 2.45) is 5.92 Å². The van der Waals surface area contributed by atoms with Crippen molar-refractivity contribution in [1.82, 2.24) is 9.88 Å². The van der Waals surface area contributed by atoms with Crippen molar-refractivity contribution in [1.29, 1.82) is 0 Å². The number of amides is 1. The van der Waals surface area contributed by atoms with Gasteiger partial charge in [0.15, 0.2) is 0 Å². The van der Waals surface area contributed by atoms with Crippen molar-refractivity contribution in [2.45, 2.75) is 39.0 Å². The summed E-state index contributed by atoms with van der Waals surface area (Å²) in [7, 11) is 0. The Morgan fingerprint density at radius 2 is 1.65 bits per heavy atom. The van der Waals surface area contributed by atoms with Crippen LogP contribution in [0.1, 0.15) is 53.4 Å². The van der Waals surface area contributed by atoms with Crippen molar-refractivity contribution in [3.63, 3.8) is 0 Å². The Hall–Kier alpha value is -3.59. The lowest BCUT2D eigenvalue weighted by Gasteiger charge is -2.21. The summed E-state index contributed by atoms with van der Waals surface area (Å²) in [4.78, 5) is 12.8. The Morgan fingerprint density at radius 3 is 2.35 bits per heavy atom. The van der Waals surface area contributed by atoms with E-state index in [1.807, 2.05) is 30.3 Å². The Balaban J connectivity index is 1.38. The number of rotatable bonds is 6. The fourth-order valence-electron chi connectivity index (χ4n) is 5.04. The predicted octanol–water partition coefficient (Wildman–Crippen LogP) is 6.80. The summed E-state index contributed by atoms with van der Waals surface area (Å²) in [5.41, 5.74) is 8.36. The third kappa shape index (κ3) is 4.56. The van der Waals surface area contributed by atoms with E-state index in [-0.39, 0.29) is 11.8 Å². The van der Waals surface area contributed by atoms with E-state index >= 15 is 0 Å². The largest absolute Gasteiger partial charge is 0.351 e. The molecule has 1 amide bonds. The minimum absolute atomic E-state index is 0.0269. The summed E-state index contributed by atoms with van der Waals surface area (Å²) in [6, 6.07) is 31.3. The SMILES string of the molecule is C[C@@H]1CCc2c(cc(-c3ccccc3)n2-c2ccc(C(=O)NC[C@H](C)c3ccccc3)cc2)C1. The number of hydrogen-bond acceptors (Lipinski definition) is 1. The first-order chi connectivity index (χ1) is 16.6. The summed E-state index contributed by atoms with van der Waals surface area (Å²) in [5, 5.41) is 3.10. The van der Waals surface area contributed by atoms with E-state index in [0.717, 1.165) is 24.4 Å². The van der Waals surface area contributed by atoms with Gasteiger partial charge in [-0.1, -0.05) is 74.5 Å². The number of aromatic nitrogens is 1. The van der Waals surface area contributed by atoms with Gasteiger partial charge in [0.05, 0.1) is 5.69 Å². The zero-order valence-electron chi connectivity index (χ0n) is 20.0. The van der Waals surface area contributed by atoms with Gasteiger partial charge in [-0.05, 0) is 78.1 Å². The molecule has 172 valence electrons. The molecule has 0 aliphatic heterocycles. The van der Waals surface area contributed by atoms with E-state index in [9.17, 15) is 4.79 Å². The van der Waals surface area contributed by atoms with Gasteiger partial charge in [0, 0.05) is 23.5 Å². The van der Waals surface area contributed by atoms with Crippen LogP contribution in [0.3, 0.4) is 0 Å². The van der Waals surface area contributed by atoms with Gasteiger partial charge in [0.2, 0.25) is 0 Å². The van der Waals surface area contributed by atoms with Crippen molar-refractivity contribution < 1.29 is 4.79 Å². The maximum Gasteiger partial charge on any atom is 0.251 e.